The van der Waals surface area contributed by atoms with E-state index in [-0.39, 0.29) is 32.0 Å². The average molecular weight is 1110 g/mol. The molecule has 2 atom stereocenters. The Kier molecular flexibility index (Phi) is 56.7. The highest BCUT2D eigenvalue weighted by Crippen LogP contribution is 2.43. The summed E-state index contributed by atoms with van der Waals surface area (Å²) in [6.07, 6.45) is 79.5. The summed E-state index contributed by atoms with van der Waals surface area (Å²) in [7, 11) is 1.47. The molecule has 0 bridgehead atoms. The molecular weight excluding hydrogens is 990 g/mol. The van der Waals surface area contributed by atoms with Crippen LogP contribution in [0.5, 0.6) is 0 Å². The van der Waals surface area contributed by atoms with Crippen molar-refractivity contribution < 1.29 is 42.1 Å². The van der Waals surface area contributed by atoms with Crippen molar-refractivity contribution in [2.24, 2.45) is 0 Å². The normalized spacial score (nSPS) is 13.8. The Balaban J connectivity index is 4.11. The van der Waals surface area contributed by atoms with Gasteiger partial charge in [-0.25, -0.2) is 4.57 Å². The lowest BCUT2D eigenvalue weighted by Crippen LogP contribution is -2.37. The number of quaternary nitrogens is 1. The molecule has 9 nitrogen and oxygen atoms in total. The van der Waals surface area contributed by atoms with Crippen LogP contribution in [0.3, 0.4) is 0 Å². The molecule has 0 saturated carbocycles. The Hall–Kier alpha value is -2.81. The molecule has 1 N–H and O–H groups in total. The third-order valence-corrected chi connectivity index (χ3v) is 14.9. The van der Waals surface area contributed by atoms with E-state index in [9.17, 15) is 19.0 Å². The van der Waals surface area contributed by atoms with Gasteiger partial charge in [-0.15, -0.1) is 0 Å². The molecule has 452 valence electrons. The van der Waals surface area contributed by atoms with Gasteiger partial charge < -0.3 is 18.9 Å². The summed E-state index contributed by atoms with van der Waals surface area (Å²) in [6.45, 7) is 4.33. The van der Waals surface area contributed by atoms with Crippen LogP contribution in [0.15, 0.2) is 85.1 Å². The van der Waals surface area contributed by atoms with Crippen molar-refractivity contribution in [1.82, 2.24) is 0 Å². The number of carbonyl (C=O) groups is 2. The first-order valence-corrected chi connectivity index (χ1v) is 33.8. The Morgan fingerprint density at radius 3 is 1.09 bits per heavy atom. The van der Waals surface area contributed by atoms with E-state index < -0.39 is 26.5 Å². The number of unbranched alkanes of at least 4 members (excludes halogenated alkanes) is 31. The van der Waals surface area contributed by atoms with Crippen molar-refractivity contribution in [2.45, 2.75) is 290 Å². The summed E-state index contributed by atoms with van der Waals surface area (Å²) >= 11 is 0. The molecule has 0 aromatic carbocycles. The standard InChI is InChI=1S/C68H122NO8P/c1-6-8-10-12-14-16-18-20-22-24-26-28-30-32-34-36-38-40-42-44-46-48-50-52-54-56-58-60-67(70)74-64-66(65-76-78(72,73)75-63-62-69(3,4)5)77-68(71)61-59-57-55-53-51-49-47-45-43-41-39-37-35-33-31-29-27-25-23-21-19-17-15-13-11-9-7-2/h9,11,15,17-18,20-21,23-24,26-27,29,33,35,66H,6-8,10,12-14,16,19,22,25,28,30-32,34,36-65H2,1-5H3/p+1/b11-9-,17-15-,20-18-,23-21-,26-24-,29-27-,35-33-. The van der Waals surface area contributed by atoms with E-state index in [0.717, 1.165) is 77.0 Å². The van der Waals surface area contributed by atoms with Crippen molar-refractivity contribution >= 4 is 19.8 Å². The second-order valence-corrected chi connectivity index (χ2v) is 24.2. The van der Waals surface area contributed by atoms with Crippen molar-refractivity contribution in [2.75, 3.05) is 47.5 Å². The molecule has 0 aromatic rings. The van der Waals surface area contributed by atoms with E-state index in [1.54, 1.807) is 0 Å². The molecule has 0 spiro atoms. The number of phosphoric ester groups is 1. The van der Waals surface area contributed by atoms with E-state index in [2.05, 4.69) is 98.9 Å². The number of likely N-dealkylation sites (N-methyl/N-ethyl adjacent to an activating group) is 1. The minimum atomic E-state index is -4.39. The highest BCUT2D eigenvalue weighted by molar-refractivity contribution is 7.47. The van der Waals surface area contributed by atoms with E-state index in [1.165, 1.54) is 173 Å². The summed E-state index contributed by atoms with van der Waals surface area (Å²) in [5.41, 5.74) is 0. The zero-order chi connectivity index (χ0) is 57.0. The maximum absolute atomic E-state index is 12.9. The number of rotatable bonds is 59. The largest absolute Gasteiger partial charge is 0.472 e. The predicted octanol–water partition coefficient (Wildman–Crippen LogP) is 20.6. The lowest BCUT2D eigenvalue weighted by molar-refractivity contribution is -0.870. The van der Waals surface area contributed by atoms with Crippen molar-refractivity contribution in [1.29, 1.82) is 0 Å². The Labute approximate surface area is 481 Å². The highest BCUT2D eigenvalue weighted by Gasteiger charge is 2.27. The van der Waals surface area contributed by atoms with Crippen LogP contribution in [-0.2, 0) is 32.7 Å². The number of ether oxygens (including phenoxy) is 2. The zero-order valence-corrected chi connectivity index (χ0v) is 52.3. The van der Waals surface area contributed by atoms with Crippen molar-refractivity contribution in [3.8, 4) is 0 Å². The fourth-order valence-corrected chi connectivity index (χ4v) is 9.70. The molecule has 0 aliphatic rings. The zero-order valence-electron chi connectivity index (χ0n) is 51.4. The maximum atomic E-state index is 12.9. The Morgan fingerprint density at radius 2 is 0.731 bits per heavy atom. The molecule has 0 saturated heterocycles. The lowest BCUT2D eigenvalue weighted by atomic mass is 10.0. The molecule has 0 aliphatic heterocycles. The van der Waals surface area contributed by atoms with E-state index in [0.29, 0.717) is 17.4 Å². The number of carbonyl (C=O) groups excluding carboxylic acids is 2. The molecule has 0 radical (unpaired) electrons. The fourth-order valence-electron chi connectivity index (χ4n) is 8.96. The molecule has 0 aliphatic carbocycles. The SMILES string of the molecule is CC/C=C\C/C=C\C/C=C\C/C=C\C/C=C\CCCCCCCCCCCCCC(=O)OC(COC(=O)CCCCCCCCCCCCCCCCC/C=C\C/C=C\CCCCCCC)COP(=O)(O)OCC[N+](C)(C)C. The number of allylic oxidation sites excluding steroid dienone is 14. The Bertz CT molecular complexity index is 1590. The monoisotopic (exact) mass is 1110 g/mol. The number of hydrogen-bond donors (Lipinski definition) is 1. The first kappa shape index (κ1) is 75.2. The van der Waals surface area contributed by atoms with Crippen LogP contribution in [0, 0.1) is 0 Å². The second-order valence-electron chi connectivity index (χ2n) is 22.8. The summed E-state index contributed by atoms with van der Waals surface area (Å²) < 4.78 is 34.7. The van der Waals surface area contributed by atoms with Gasteiger partial charge in [-0.05, 0) is 89.9 Å². The van der Waals surface area contributed by atoms with Gasteiger partial charge in [0.05, 0.1) is 27.7 Å². The van der Waals surface area contributed by atoms with Crippen LogP contribution in [0.1, 0.15) is 284 Å². The van der Waals surface area contributed by atoms with Gasteiger partial charge in [-0.2, -0.15) is 0 Å². The molecule has 0 fully saturated rings. The maximum Gasteiger partial charge on any atom is 0.472 e. The van der Waals surface area contributed by atoms with Gasteiger partial charge in [0.15, 0.2) is 6.10 Å². The van der Waals surface area contributed by atoms with Crippen LogP contribution in [0.4, 0.5) is 0 Å². The predicted molar refractivity (Wildman–Crippen MR) is 335 cm³/mol. The topological polar surface area (TPSA) is 108 Å². The third-order valence-electron chi connectivity index (χ3n) is 13.9. The second kappa shape index (κ2) is 58.8. The van der Waals surface area contributed by atoms with Crippen LogP contribution in [-0.4, -0.2) is 74.9 Å². The molecule has 78 heavy (non-hydrogen) atoms. The quantitative estimate of drug-likeness (QED) is 0.0211. The summed E-state index contributed by atoms with van der Waals surface area (Å²) in [5.74, 6) is -0.795. The third kappa shape index (κ3) is 62.4. The van der Waals surface area contributed by atoms with Crippen LogP contribution >= 0.6 is 7.82 Å². The van der Waals surface area contributed by atoms with Crippen molar-refractivity contribution in [3.63, 3.8) is 0 Å². The van der Waals surface area contributed by atoms with Gasteiger partial charge in [0, 0.05) is 12.8 Å². The molecule has 0 aromatic heterocycles. The molecule has 0 rings (SSSR count). The lowest BCUT2D eigenvalue weighted by Gasteiger charge is -2.24. The van der Waals surface area contributed by atoms with Crippen LogP contribution < -0.4 is 0 Å². The minimum Gasteiger partial charge on any atom is -0.462 e. The minimum absolute atomic E-state index is 0.0287. The fraction of sp³-hybridized carbons (Fsp3) is 0.765. The molecule has 10 heteroatoms. The first-order valence-electron chi connectivity index (χ1n) is 32.3. The molecular formula is C68H123NO8P+. The van der Waals surface area contributed by atoms with Gasteiger partial charge >= 0.3 is 19.8 Å². The first-order chi connectivity index (χ1) is 38.0. The highest BCUT2D eigenvalue weighted by atomic mass is 31.2. The number of hydrogen-bond acceptors (Lipinski definition) is 7. The summed E-state index contributed by atoms with van der Waals surface area (Å²) in [6, 6.07) is 0. The van der Waals surface area contributed by atoms with Gasteiger partial charge in [0.1, 0.15) is 19.8 Å². The number of esters is 2. The number of nitrogens with zero attached hydrogens (tertiary/aromatic N) is 1. The van der Waals surface area contributed by atoms with E-state index in [4.69, 9.17) is 18.5 Å². The van der Waals surface area contributed by atoms with Crippen molar-refractivity contribution in [3.05, 3.63) is 85.1 Å². The Morgan fingerprint density at radius 1 is 0.410 bits per heavy atom. The van der Waals surface area contributed by atoms with Crippen LogP contribution in [0.2, 0.25) is 0 Å². The van der Waals surface area contributed by atoms with E-state index in [1.807, 2.05) is 21.1 Å². The van der Waals surface area contributed by atoms with Gasteiger partial charge in [0.2, 0.25) is 0 Å². The molecule has 0 heterocycles. The number of phosphoric acid groups is 1. The summed E-state index contributed by atoms with van der Waals surface area (Å²) in [4.78, 5) is 35.8. The van der Waals surface area contributed by atoms with Gasteiger partial charge in [-0.3, -0.25) is 18.6 Å². The smallest absolute Gasteiger partial charge is 0.462 e. The molecule has 0 amide bonds. The van der Waals surface area contributed by atoms with Gasteiger partial charge in [0.25, 0.3) is 0 Å². The molecule has 2 unspecified atom stereocenters. The van der Waals surface area contributed by atoms with Gasteiger partial charge in [-0.1, -0.05) is 266 Å². The van der Waals surface area contributed by atoms with E-state index >= 15 is 0 Å². The summed E-state index contributed by atoms with van der Waals surface area (Å²) in [5, 5.41) is 0. The average Bonchev–Trinajstić information content (AvgIpc) is 3.41. The van der Waals surface area contributed by atoms with Crippen LogP contribution in [0.25, 0.3) is 0 Å².